The van der Waals surface area contributed by atoms with Gasteiger partial charge in [0, 0.05) is 39.0 Å². The molecule has 6 nitrogen and oxygen atoms in total. The van der Waals surface area contributed by atoms with Crippen LogP contribution in [0.2, 0.25) is 0 Å². The largest absolute Gasteiger partial charge is 0.356 e. The van der Waals surface area contributed by atoms with Gasteiger partial charge in [-0.3, -0.25) is 9.89 Å². The zero-order valence-corrected chi connectivity index (χ0v) is 18.5. The summed E-state index contributed by atoms with van der Waals surface area (Å²) in [6.45, 7) is 4.54. The average molecular weight is 417 g/mol. The van der Waals surface area contributed by atoms with Crippen LogP contribution in [-0.4, -0.2) is 52.2 Å². The number of sulfone groups is 1. The second kappa shape index (κ2) is 11.0. The quantitative estimate of drug-likeness (QED) is 0.486. The molecule has 158 valence electrons. The van der Waals surface area contributed by atoms with Crippen molar-refractivity contribution in [3.8, 4) is 0 Å². The topological polar surface area (TPSA) is 73.8 Å². The molecule has 7 heteroatoms. The number of hydrogen-bond acceptors (Lipinski definition) is 4. The van der Waals surface area contributed by atoms with Gasteiger partial charge in [0.15, 0.2) is 15.8 Å². The van der Waals surface area contributed by atoms with Gasteiger partial charge in [-0.1, -0.05) is 42.5 Å². The first-order chi connectivity index (χ1) is 13.8. The van der Waals surface area contributed by atoms with E-state index in [1.807, 2.05) is 18.2 Å². The van der Waals surface area contributed by atoms with Crippen molar-refractivity contribution in [3.63, 3.8) is 0 Å². The third-order valence-corrected chi connectivity index (χ3v) is 6.05. The highest BCUT2D eigenvalue weighted by molar-refractivity contribution is 7.90. The fourth-order valence-corrected chi connectivity index (χ4v) is 3.54. The Kier molecular flexibility index (Phi) is 8.67. The molecule has 1 unspecified atom stereocenters. The van der Waals surface area contributed by atoms with Gasteiger partial charge in [-0.15, -0.1) is 0 Å². The van der Waals surface area contributed by atoms with Gasteiger partial charge in [0.1, 0.15) is 0 Å². The van der Waals surface area contributed by atoms with Crippen molar-refractivity contribution in [2.45, 2.75) is 37.4 Å². The lowest BCUT2D eigenvalue weighted by Crippen LogP contribution is -2.39. The lowest BCUT2D eigenvalue weighted by atomic mass is 10.1. The molecular formula is C22H32N4O2S. The number of benzene rings is 2. The molecule has 0 fully saturated rings. The van der Waals surface area contributed by atoms with Crippen LogP contribution in [0.4, 0.5) is 0 Å². The molecule has 0 aromatic heterocycles. The van der Waals surface area contributed by atoms with Gasteiger partial charge < -0.3 is 10.6 Å². The summed E-state index contributed by atoms with van der Waals surface area (Å²) in [5.74, 6) is 0.732. The number of aliphatic imine (C=N–C) groups is 1. The highest BCUT2D eigenvalue weighted by Gasteiger charge is 2.10. The molecule has 2 rings (SSSR count). The van der Waals surface area contributed by atoms with Crippen LogP contribution in [-0.2, 0) is 22.9 Å². The minimum absolute atomic E-state index is 0.331. The van der Waals surface area contributed by atoms with E-state index in [2.05, 4.69) is 58.8 Å². The Balaban J connectivity index is 1.74. The van der Waals surface area contributed by atoms with Gasteiger partial charge in [-0.2, -0.15) is 0 Å². The third kappa shape index (κ3) is 7.87. The van der Waals surface area contributed by atoms with Gasteiger partial charge in [-0.25, -0.2) is 8.42 Å². The summed E-state index contributed by atoms with van der Waals surface area (Å²) < 4.78 is 23.1. The van der Waals surface area contributed by atoms with Crippen molar-refractivity contribution >= 4 is 15.8 Å². The first-order valence-corrected chi connectivity index (χ1v) is 11.7. The van der Waals surface area contributed by atoms with Crippen molar-refractivity contribution in [1.82, 2.24) is 15.5 Å². The predicted molar refractivity (Wildman–Crippen MR) is 120 cm³/mol. The smallest absolute Gasteiger partial charge is 0.191 e. The van der Waals surface area contributed by atoms with E-state index in [-0.39, 0.29) is 0 Å². The van der Waals surface area contributed by atoms with Gasteiger partial charge in [0.2, 0.25) is 0 Å². The first kappa shape index (κ1) is 22.9. The average Bonchev–Trinajstić information content (AvgIpc) is 2.70. The van der Waals surface area contributed by atoms with Crippen LogP contribution < -0.4 is 10.6 Å². The number of nitrogens with one attached hydrogen (secondary N) is 2. The van der Waals surface area contributed by atoms with Crippen LogP contribution in [0.25, 0.3) is 0 Å². The Morgan fingerprint density at radius 1 is 1.03 bits per heavy atom. The zero-order valence-electron chi connectivity index (χ0n) is 17.7. The first-order valence-electron chi connectivity index (χ1n) is 9.77. The molecule has 2 N–H and O–H groups in total. The third-order valence-electron chi connectivity index (χ3n) is 4.92. The maximum atomic E-state index is 11.5. The number of hydrogen-bond donors (Lipinski definition) is 2. The van der Waals surface area contributed by atoms with Gasteiger partial charge >= 0.3 is 0 Å². The normalized spacial score (nSPS) is 13.3. The Morgan fingerprint density at radius 2 is 1.69 bits per heavy atom. The molecule has 1 atom stereocenters. The molecule has 0 amide bonds. The van der Waals surface area contributed by atoms with Crippen LogP contribution in [0, 0.1) is 0 Å². The second-order valence-corrected chi connectivity index (χ2v) is 9.32. The predicted octanol–water partition coefficient (Wildman–Crippen LogP) is 2.67. The summed E-state index contributed by atoms with van der Waals surface area (Å²) >= 11 is 0. The molecule has 0 spiro atoms. The number of rotatable bonds is 9. The summed E-state index contributed by atoms with van der Waals surface area (Å²) in [6.07, 6.45) is 2.21. The van der Waals surface area contributed by atoms with Crippen molar-refractivity contribution in [2.75, 3.05) is 26.9 Å². The molecule has 29 heavy (non-hydrogen) atoms. The highest BCUT2D eigenvalue weighted by Crippen LogP contribution is 2.10. The van der Waals surface area contributed by atoms with E-state index in [1.54, 1.807) is 19.2 Å². The standard InChI is InChI=1S/C22H32N4O2S/c1-18(26(3)17-20-8-6-5-7-9-20)14-15-24-22(23-2)25-16-19-10-12-21(13-11-19)29(4,27)28/h5-13,18H,14-17H2,1-4H3,(H2,23,24,25). The van der Waals surface area contributed by atoms with Gasteiger partial charge in [-0.05, 0) is 43.7 Å². The summed E-state index contributed by atoms with van der Waals surface area (Å²) in [5.41, 5.74) is 2.31. The lowest BCUT2D eigenvalue weighted by molar-refractivity contribution is 0.238. The van der Waals surface area contributed by atoms with Crippen LogP contribution >= 0.6 is 0 Å². The molecule has 0 aliphatic rings. The molecule has 2 aromatic carbocycles. The van der Waals surface area contributed by atoms with E-state index in [0.717, 1.165) is 31.0 Å². The zero-order chi connectivity index (χ0) is 21.3. The van der Waals surface area contributed by atoms with Crippen molar-refractivity contribution in [2.24, 2.45) is 4.99 Å². The second-order valence-electron chi connectivity index (χ2n) is 7.31. The Labute approximate surface area is 175 Å². The fourth-order valence-electron chi connectivity index (χ4n) is 2.91. The van der Waals surface area contributed by atoms with E-state index in [1.165, 1.54) is 11.8 Å². The molecule has 0 bridgehead atoms. The number of guanidine groups is 1. The SMILES string of the molecule is CN=C(NCCC(C)N(C)Cc1ccccc1)NCc1ccc(S(C)(=O)=O)cc1. The van der Waals surface area contributed by atoms with Gasteiger partial charge in [0.25, 0.3) is 0 Å². The minimum Gasteiger partial charge on any atom is -0.356 e. The Morgan fingerprint density at radius 3 is 2.28 bits per heavy atom. The monoisotopic (exact) mass is 416 g/mol. The van der Waals surface area contributed by atoms with E-state index >= 15 is 0 Å². The van der Waals surface area contributed by atoms with Crippen molar-refractivity contribution < 1.29 is 8.42 Å². The molecular weight excluding hydrogens is 384 g/mol. The minimum atomic E-state index is -3.16. The molecule has 2 aromatic rings. The maximum Gasteiger partial charge on any atom is 0.191 e. The molecule has 0 aliphatic carbocycles. The van der Waals surface area contributed by atoms with E-state index in [0.29, 0.717) is 17.5 Å². The molecule has 0 aliphatic heterocycles. The molecule has 0 heterocycles. The summed E-state index contributed by atoms with van der Waals surface area (Å²) in [6, 6.07) is 17.8. The maximum absolute atomic E-state index is 11.5. The molecule has 0 saturated carbocycles. The van der Waals surface area contributed by atoms with Crippen LogP contribution in [0.5, 0.6) is 0 Å². The van der Waals surface area contributed by atoms with Crippen LogP contribution in [0.3, 0.4) is 0 Å². The summed E-state index contributed by atoms with van der Waals surface area (Å²) in [5, 5.41) is 6.60. The highest BCUT2D eigenvalue weighted by atomic mass is 32.2. The van der Waals surface area contributed by atoms with E-state index in [9.17, 15) is 8.42 Å². The van der Waals surface area contributed by atoms with E-state index in [4.69, 9.17) is 0 Å². The fraction of sp³-hybridized carbons (Fsp3) is 0.409. The van der Waals surface area contributed by atoms with Crippen molar-refractivity contribution in [3.05, 3.63) is 65.7 Å². The van der Waals surface area contributed by atoms with Gasteiger partial charge in [0.05, 0.1) is 4.90 Å². The Hall–Kier alpha value is -2.38. The van der Waals surface area contributed by atoms with Crippen molar-refractivity contribution in [1.29, 1.82) is 0 Å². The Bertz CT molecular complexity index is 881. The lowest BCUT2D eigenvalue weighted by Gasteiger charge is -2.25. The molecule has 0 radical (unpaired) electrons. The van der Waals surface area contributed by atoms with E-state index < -0.39 is 9.84 Å². The summed E-state index contributed by atoms with van der Waals surface area (Å²) in [4.78, 5) is 6.93. The van der Waals surface area contributed by atoms with Crippen LogP contribution in [0.1, 0.15) is 24.5 Å². The molecule has 0 saturated heterocycles. The van der Waals surface area contributed by atoms with Crippen LogP contribution in [0.15, 0.2) is 64.5 Å². The summed E-state index contributed by atoms with van der Waals surface area (Å²) in [7, 11) is 0.724. The number of nitrogens with zero attached hydrogens (tertiary/aromatic N) is 2.